The Balaban J connectivity index is 1.57. The maximum Gasteiger partial charge on any atom is 0.147 e. The fourth-order valence-electron chi connectivity index (χ4n) is 5.78. The number of hydrogen-bond donors (Lipinski definition) is 0. The van der Waals surface area contributed by atoms with Crippen LogP contribution < -0.4 is 0 Å². The molecule has 0 aromatic heterocycles. The highest BCUT2D eigenvalue weighted by molar-refractivity contribution is 8.03. The Kier molecular flexibility index (Phi) is 7.48. The normalized spacial score (nSPS) is 22.2. The summed E-state index contributed by atoms with van der Waals surface area (Å²) in [6, 6.07) is 19.5. The lowest BCUT2D eigenvalue weighted by molar-refractivity contribution is -0.120. The lowest BCUT2D eigenvalue weighted by Crippen LogP contribution is -2.21. The predicted octanol–water partition coefficient (Wildman–Crippen LogP) is 8.73. The van der Waals surface area contributed by atoms with Gasteiger partial charge >= 0.3 is 0 Å². The summed E-state index contributed by atoms with van der Waals surface area (Å²) in [7, 11) is 0. The molecule has 4 rings (SSSR count). The van der Waals surface area contributed by atoms with Gasteiger partial charge in [-0.2, -0.15) is 0 Å². The van der Waals surface area contributed by atoms with E-state index in [0.717, 1.165) is 12.0 Å². The van der Waals surface area contributed by atoms with Crippen LogP contribution in [0.5, 0.6) is 0 Å². The number of carbonyl (C=O) groups is 1. The summed E-state index contributed by atoms with van der Waals surface area (Å²) in [5.74, 6) is 1.83. The van der Waals surface area contributed by atoms with E-state index in [1.807, 2.05) is 0 Å². The van der Waals surface area contributed by atoms with E-state index in [-0.39, 0.29) is 17.8 Å². The molecule has 0 spiro atoms. The fraction of sp³-hybridized carbons (Fsp3) is 0.344. The zero-order valence-corrected chi connectivity index (χ0v) is 21.9. The number of benzene rings is 2. The Morgan fingerprint density at radius 1 is 1.06 bits per heavy atom. The molecule has 34 heavy (non-hydrogen) atoms. The number of carbonyl (C=O) groups excluding carboxylic acids is 1. The summed E-state index contributed by atoms with van der Waals surface area (Å²) in [6.45, 7) is 15.1. The van der Waals surface area contributed by atoms with E-state index >= 15 is 0 Å². The first-order valence-corrected chi connectivity index (χ1v) is 13.3. The van der Waals surface area contributed by atoms with E-state index < -0.39 is 0 Å². The molecule has 1 nitrogen and oxygen atoms in total. The maximum absolute atomic E-state index is 13.4. The van der Waals surface area contributed by atoms with Gasteiger partial charge in [0, 0.05) is 11.8 Å². The number of Topliss-reactive ketones (excluding diaryl/α,β-unsaturated/α-hetero) is 1. The van der Waals surface area contributed by atoms with Gasteiger partial charge in [-0.15, -0.1) is 11.8 Å². The van der Waals surface area contributed by atoms with Crippen LogP contribution in [0.3, 0.4) is 0 Å². The largest absolute Gasteiger partial charge is 0.298 e. The highest BCUT2D eigenvalue weighted by Gasteiger charge is 2.35. The topological polar surface area (TPSA) is 17.1 Å². The van der Waals surface area contributed by atoms with Gasteiger partial charge in [0.15, 0.2) is 0 Å². The summed E-state index contributed by atoms with van der Waals surface area (Å²) in [5.41, 5.74) is 9.05. The maximum atomic E-state index is 13.4. The molecule has 0 amide bonds. The number of ketones is 1. The summed E-state index contributed by atoms with van der Waals surface area (Å²) < 4.78 is 0. The monoisotopic (exact) mass is 468 g/mol. The van der Waals surface area contributed by atoms with Gasteiger partial charge in [-0.05, 0) is 64.8 Å². The standard InChI is InChI=1S/C32H36OS/c1-20(2)25-14-10-11-15-27(25)32-26(24-12-8-7-9-13-24)16-17-30(32)34-19-29(33)28-18-22(5)31(21(3)4)23(28)6/h7-17,20,23,28,32H,3,18-19H2,1-2,4-6H3. The molecule has 2 heteroatoms. The minimum atomic E-state index is 0.0733. The van der Waals surface area contributed by atoms with Crippen molar-refractivity contribution in [3.63, 3.8) is 0 Å². The molecule has 176 valence electrons. The average molecular weight is 469 g/mol. The molecule has 0 N–H and O–H groups in total. The molecule has 0 aliphatic heterocycles. The molecule has 0 radical (unpaired) electrons. The zero-order chi connectivity index (χ0) is 24.4. The second-order valence-corrected chi connectivity index (χ2v) is 11.2. The lowest BCUT2D eigenvalue weighted by Gasteiger charge is -2.25. The van der Waals surface area contributed by atoms with Crippen LogP contribution in [0.25, 0.3) is 5.57 Å². The van der Waals surface area contributed by atoms with Gasteiger partial charge in [0.1, 0.15) is 5.78 Å². The molecule has 0 saturated carbocycles. The Hall–Kier alpha value is -2.58. The van der Waals surface area contributed by atoms with Crippen molar-refractivity contribution < 1.29 is 4.79 Å². The van der Waals surface area contributed by atoms with E-state index in [0.29, 0.717) is 17.5 Å². The Morgan fingerprint density at radius 2 is 1.74 bits per heavy atom. The third-order valence-corrected chi connectivity index (χ3v) is 8.49. The van der Waals surface area contributed by atoms with Gasteiger partial charge in [-0.3, -0.25) is 4.79 Å². The third-order valence-electron chi connectivity index (χ3n) is 7.36. The first-order chi connectivity index (χ1) is 16.3. The van der Waals surface area contributed by atoms with Crippen molar-refractivity contribution in [2.24, 2.45) is 11.8 Å². The molecular weight excluding hydrogens is 432 g/mol. The van der Waals surface area contributed by atoms with Crippen LogP contribution in [0.1, 0.15) is 69.6 Å². The van der Waals surface area contributed by atoms with E-state index in [9.17, 15) is 4.79 Å². The van der Waals surface area contributed by atoms with Crippen LogP contribution in [-0.4, -0.2) is 11.5 Å². The van der Waals surface area contributed by atoms with Crippen LogP contribution in [0.4, 0.5) is 0 Å². The van der Waals surface area contributed by atoms with Crippen LogP contribution in [0, 0.1) is 11.8 Å². The number of hydrogen-bond acceptors (Lipinski definition) is 2. The Bertz CT molecular complexity index is 1180. The smallest absolute Gasteiger partial charge is 0.147 e. The van der Waals surface area contributed by atoms with Crippen LogP contribution >= 0.6 is 11.8 Å². The molecule has 0 bridgehead atoms. The van der Waals surface area contributed by atoms with Gasteiger partial charge in [0.05, 0.1) is 5.75 Å². The first-order valence-electron chi connectivity index (χ1n) is 12.4. The van der Waals surface area contributed by atoms with Crippen molar-refractivity contribution in [2.75, 3.05) is 5.75 Å². The van der Waals surface area contributed by atoms with Crippen molar-refractivity contribution in [1.29, 1.82) is 0 Å². The minimum absolute atomic E-state index is 0.0733. The van der Waals surface area contributed by atoms with Crippen molar-refractivity contribution in [3.8, 4) is 0 Å². The van der Waals surface area contributed by atoms with Gasteiger partial charge in [-0.1, -0.05) is 105 Å². The molecule has 3 unspecified atom stereocenters. The molecule has 2 aliphatic carbocycles. The van der Waals surface area contributed by atoms with Gasteiger partial charge in [-0.25, -0.2) is 0 Å². The van der Waals surface area contributed by atoms with Crippen LogP contribution in [0.15, 0.2) is 95.0 Å². The molecular formula is C32H36OS. The molecule has 2 aliphatic rings. The summed E-state index contributed by atoms with van der Waals surface area (Å²) in [5, 5.41) is 0. The van der Waals surface area contributed by atoms with Crippen molar-refractivity contribution >= 4 is 23.1 Å². The van der Waals surface area contributed by atoms with Gasteiger partial charge < -0.3 is 0 Å². The second kappa shape index (κ2) is 10.4. The van der Waals surface area contributed by atoms with E-state index in [2.05, 4.69) is 108 Å². The molecule has 0 saturated heterocycles. The zero-order valence-electron chi connectivity index (χ0n) is 21.1. The van der Waals surface area contributed by atoms with E-state index in [1.54, 1.807) is 11.8 Å². The minimum Gasteiger partial charge on any atom is -0.298 e. The molecule has 2 aromatic carbocycles. The van der Waals surface area contributed by atoms with Crippen molar-refractivity contribution in [2.45, 2.75) is 52.9 Å². The third kappa shape index (κ3) is 4.79. The lowest BCUT2D eigenvalue weighted by atomic mass is 9.83. The summed E-state index contributed by atoms with van der Waals surface area (Å²) >= 11 is 1.73. The molecule has 0 heterocycles. The van der Waals surface area contributed by atoms with Crippen molar-refractivity contribution in [1.82, 2.24) is 0 Å². The number of thioether (sulfide) groups is 1. The predicted molar refractivity (Wildman–Crippen MR) is 148 cm³/mol. The highest BCUT2D eigenvalue weighted by Crippen LogP contribution is 2.49. The molecule has 0 fully saturated rings. The summed E-state index contributed by atoms with van der Waals surface area (Å²) in [4.78, 5) is 14.6. The van der Waals surface area contributed by atoms with Crippen molar-refractivity contribution in [3.05, 3.63) is 112 Å². The van der Waals surface area contributed by atoms with E-state index in [4.69, 9.17) is 0 Å². The first kappa shape index (κ1) is 24.5. The highest BCUT2D eigenvalue weighted by atomic mass is 32.2. The molecule has 3 atom stereocenters. The quantitative estimate of drug-likeness (QED) is 0.385. The Morgan fingerprint density at radius 3 is 2.38 bits per heavy atom. The van der Waals surface area contributed by atoms with Gasteiger partial charge in [0.25, 0.3) is 0 Å². The number of rotatable bonds is 8. The molecule has 2 aromatic rings. The van der Waals surface area contributed by atoms with Gasteiger partial charge in [0.2, 0.25) is 0 Å². The van der Waals surface area contributed by atoms with Crippen LogP contribution in [-0.2, 0) is 4.79 Å². The number of allylic oxidation sites excluding steroid dienone is 7. The SMILES string of the molecule is C=C(C)C1=C(C)CC(C(=O)CSC2=CC=C(c3ccccc3)C2c2ccccc2C(C)C)C1C. The Labute approximate surface area is 209 Å². The van der Waals surface area contributed by atoms with Crippen LogP contribution in [0.2, 0.25) is 0 Å². The van der Waals surface area contributed by atoms with E-state index in [1.165, 1.54) is 38.3 Å². The fourth-order valence-corrected chi connectivity index (χ4v) is 6.88. The second-order valence-electron chi connectivity index (χ2n) is 10.1. The summed E-state index contributed by atoms with van der Waals surface area (Å²) in [6.07, 6.45) is 5.37. The average Bonchev–Trinajstić information content (AvgIpc) is 3.38.